The molecule has 32 heavy (non-hydrogen) atoms. The molecule has 0 aromatic heterocycles. The van der Waals surface area contributed by atoms with E-state index in [4.69, 9.17) is 0 Å². The van der Waals surface area contributed by atoms with Gasteiger partial charge in [-0.15, -0.1) is 0 Å². The van der Waals surface area contributed by atoms with E-state index in [2.05, 4.69) is 133 Å². The third-order valence-corrected chi connectivity index (χ3v) is 16.2. The van der Waals surface area contributed by atoms with Gasteiger partial charge in [0, 0.05) is 0 Å². The van der Waals surface area contributed by atoms with Crippen LogP contribution in [0.25, 0.3) is 12.2 Å². The normalized spacial score (nSPS) is 18.0. The first-order valence-electron chi connectivity index (χ1n) is 11.4. The van der Waals surface area contributed by atoms with Crippen LogP contribution in [0.3, 0.4) is 0 Å². The van der Waals surface area contributed by atoms with Gasteiger partial charge in [-0.25, -0.2) is 0 Å². The molecule has 2 aliphatic rings. The van der Waals surface area contributed by atoms with Crippen molar-refractivity contribution in [2.45, 2.75) is 10.9 Å². The van der Waals surface area contributed by atoms with Crippen LogP contribution in [-0.4, -0.2) is 0 Å². The number of fused-ring (bicyclic) bond motifs is 2. The van der Waals surface area contributed by atoms with Crippen LogP contribution in [-0.2, 0) is 21.8 Å². The molecule has 0 bridgehead atoms. The molecule has 0 heterocycles. The predicted octanol–water partition coefficient (Wildman–Crippen LogP) is 7.93. The molecule has 0 amide bonds. The first-order chi connectivity index (χ1) is 15.9. The van der Waals surface area contributed by atoms with Crippen LogP contribution >= 0.6 is 0 Å². The van der Waals surface area contributed by atoms with E-state index in [9.17, 15) is 0 Å². The zero-order valence-corrected chi connectivity index (χ0v) is 20.4. The summed E-state index contributed by atoms with van der Waals surface area (Å²) >= 11 is -2.36. The molecule has 1 heteroatoms. The van der Waals surface area contributed by atoms with E-state index in [1.807, 2.05) is 0 Å². The number of allylic oxidation sites excluding steroid dienone is 2. The molecule has 0 radical (unpaired) electrons. The Bertz CT molecular complexity index is 1190. The molecular weight excluding hydrogens is 464 g/mol. The molecule has 4 aromatic rings. The molecular formula is C31H25Zr. The summed E-state index contributed by atoms with van der Waals surface area (Å²) in [5, 5.41) is 0. The average Bonchev–Trinajstić information content (AvgIpc) is 3.48. The summed E-state index contributed by atoms with van der Waals surface area (Å²) in [6.45, 7) is 0. The predicted molar refractivity (Wildman–Crippen MR) is 131 cm³/mol. The van der Waals surface area contributed by atoms with Crippen molar-refractivity contribution >= 4 is 12.2 Å². The summed E-state index contributed by atoms with van der Waals surface area (Å²) in [6, 6.07) is 40.6. The van der Waals surface area contributed by atoms with Crippen molar-refractivity contribution in [2.75, 3.05) is 0 Å². The Labute approximate surface area is 198 Å². The number of hydrogen-bond acceptors (Lipinski definition) is 0. The fourth-order valence-corrected chi connectivity index (χ4v) is 15.7. The molecule has 2 aliphatic carbocycles. The van der Waals surface area contributed by atoms with Crippen molar-refractivity contribution in [2.24, 2.45) is 0 Å². The van der Waals surface area contributed by atoms with Crippen molar-refractivity contribution < 1.29 is 21.8 Å². The van der Waals surface area contributed by atoms with Gasteiger partial charge in [0.1, 0.15) is 0 Å². The van der Waals surface area contributed by atoms with Gasteiger partial charge < -0.3 is 0 Å². The van der Waals surface area contributed by atoms with E-state index in [1.54, 1.807) is 0 Å². The first-order valence-corrected chi connectivity index (χ1v) is 15.7. The number of benzene rings is 4. The second-order valence-corrected chi connectivity index (χ2v) is 15.6. The van der Waals surface area contributed by atoms with E-state index in [-0.39, 0.29) is 0 Å². The fraction of sp³-hybridized carbons (Fsp3) is 0.0968. The molecule has 6 rings (SSSR count). The Morgan fingerprint density at radius 2 is 0.875 bits per heavy atom. The van der Waals surface area contributed by atoms with E-state index >= 15 is 0 Å². The van der Waals surface area contributed by atoms with Crippen LogP contribution in [0.4, 0.5) is 0 Å². The Morgan fingerprint density at radius 3 is 1.34 bits per heavy atom. The zero-order chi connectivity index (χ0) is 21.3. The minimum atomic E-state index is -2.36. The molecule has 0 saturated carbocycles. The van der Waals surface area contributed by atoms with E-state index in [1.165, 1.54) is 33.4 Å². The first kappa shape index (κ1) is 19.9. The third-order valence-electron chi connectivity index (χ3n) is 6.92. The maximum absolute atomic E-state index is 2.53. The summed E-state index contributed by atoms with van der Waals surface area (Å²) in [7, 11) is 0. The van der Waals surface area contributed by atoms with Gasteiger partial charge in [-0.1, -0.05) is 0 Å². The van der Waals surface area contributed by atoms with Gasteiger partial charge in [0.05, 0.1) is 0 Å². The fourth-order valence-electron chi connectivity index (χ4n) is 5.50. The summed E-state index contributed by atoms with van der Waals surface area (Å²) in [5.74, 6) is 0. The van der Waals surface area contributed by atoms with Gasteiger partial charge in [-0.2, -0.15) is 0 Å². The van der Waals surface area contributed by atoms with E-state index in [0.29, 0.717) is 10.9 Å². The number of hydrogen-bond donors (Lipinski definition) is 0. The molecule has 2 atom stereocenters. The van der Waals surface area contributed by atoms with Crippen molar-refractivity contribution in [3.8, 4) is 0 Å². The average molecular weight is 489 g/mol. The molecule has 0 fully saturated rings. The van der Waals surface area contributed by atoms with Crippen molar-refractivity contribution in [3.63, 3.8) is 0 Å². The van der Waals surface area contributed by atoms with Crippen molar-refractivity contribution in [1.29, 1.82) is 0 Å². The molecule has 0 N–H and O–H groups in total. The van der Waals surface area contributed by atoms with Crippen molar-refractivity contribution in [1.82, 2.24) is 0 Å². The Balaban J connectivity index is 1.57. The molecule has 0 saturated heterocycles. The molecule has 2 unspecified atom stereocenters. The Hall–Kier alpha value is -2.76. The van der Waals surface area contributed by atoms with E-state index in [0.717, 1.165) is 0 Å². The summed E-state index contributed by atoms with van der Waals surface area (Å²) in [4.78, 5) is 0. The minimum absolute atomic E-state index is 0.487. The Morgan fingerprint density at radius 1 is 0.469 bits per heavy atom. The topological polar surface area (TPSA) is 0 Å². The molecule has 0 spiro atoms. The third kappa shape index (κ3) is 3.50. The standard InChI is InChI=1S/C13H11.2C9H7.Zr/c1-3-7-12(8-4-1)11-13-9-5-2-6-10-13;2*1-2-5-9-7-3-6-8(9)4-1;/h1-11H;2*1-7H;. The Kier molecular flexibility index (Phi) is 5.37. The second-order valence-electron chi connectivity index (χ2n) is 8.69. The van der Waals surface area contributed by atoms with Gasteiger partial charge in [-0.3, -0.25) is 0 Å². The van der Waals surface area contributed by atoms with Crippen LogP contribution in [0.1, 0.15) is 44.3 Å². The van der Waals surface area contributed by atoms with Gasteiger partial charge in [0.15, 0.2) is 0 Å². The van der Waals surface area contributed by atoms with Gasteiger partial charge in [-0.05, 0) is 0 Å². The summed E-state index contributed by atoms with van der Waals surface area (Å²) < 4.78 is 1.60. The molecule has 4 aromatic carbocycles. The molecule has 0 nitrogen and oxygen atoms in total. The van der Waals surface area contributed by atoms with Gasteiger partial charge in [0.2, 0.25) is 0 Å². The van der Waals surface area contributed by atoms with Crippen LogP contribution in [0.2, 0.25) is 0 Å². The van der Waals surface area contributed by atoms with Gasteiger partial charge in [0.25, 0.3) is 0 Å². The van der Waals surface area contributed by atoms with Crippen LogP contribution in [0, 0.1) is 0 Å². The SMILES string of the molecule is C1=C[CH]([Zr]([CH]2C=Cc3ccccc32)[CH](c2ccccc2)c2ccccc2)c2ccccc21. The van der Waals surface area contributed by atoms with Crippen molar-refractivity contribution in [3.05, 3.63) is 155 Å². The summed E-state index contributed by atoms with van der Waals surface area (Å²) in [5.41, 5.74) is 8.84. The van der Waals surface area contributed by atoms with Crippen LogP contribution in [0.15, 0.2) is 121 Å². The molecule has 153 valence electrons. The van der Waals surface area contributed by atoms with Crippen LogP contribution < -0.4 is 0 Å². The van der Waals surface area contributed by atoms with Crippen LogP contribution in [0.5, 0.6) is 0 Å². The monoisotopic (exact) mass is 487 g/mol. The summed E-state index contributed by atoms with van der Waals surface area (Å²) in [6.07, 6.45) is 9.82. The number of rotatable bonds is 5. The molecule has 0 aliphatic heterocycles. The zero-order valence-electron chi connectivity index (χ0n) is 17.9. The van der Waals surface area contributed by atoms with E-state index < -0.39 is 21.8 Å². The second kappa shape index (κ2) is 8.64. The maximum atomic E-state index is 2.53. The quantitative estimate of drug-likeness (QED) is 0.267. The van der Waals surface area contributed by atoms with Gasteiger partial charge >= 0.3 is 200 Å².